The van der Waals surface area contributed by atoms with Gasteiger partial charge < -0.3 is 15.2 Å². The van der Waals surface area contributed by atoms with E-state index in [4.69, 9.17) is 21.6 Å². The fourth-order valence-corrected chi connectivity index (χ4v) is 1.50. The van der Waals surface area contributed by atoms with Gasteiger partial charge in [-0.1, -0.05) is 25.0 Å². The Morgan fingerprint density at radius 3 is 2.68 bits per heavy atom. The fraction of sp³-hybridized carbons (Fsp3) is 0.400. The molecule has 2 N–H and O–H groups in total. The van der Waals surface area contributed by atoms with Crippen LogP contribution in [0.15, 0.2) is 24.3 Å². The molecule has 0 aliphatic carbocycles. The van der Waals surface area contributed by atoms with Gasteiger partial charge in [-0.2, -0.15) is 0 Å². The minimum atomic E-state index is -0.698. The van der Waals surface area contributed by atoms with E-state index in [-0.39, 0.29) is 6.61 Å². The van der Waals surface area contributed by atoms with Crippen LogP contribution in [0.4, 0.5) is 0 Å². The number of ether oxygens (including phenoxy) is 2. The highest BCUT2D eigenvalue weighted by atomic mass is 16.5. The Balaban J connectivity index is 2.48. The van der Waals surface area contributed by atoms with Gasteiger partial charge in [-0.15, -0.1) is 6.42 Å². The monoisotopic (exact) mass is 261 g/mol. The molecule has 1 rings (SSSR count). The Hall–Kier alpha value is -1.99. The summed E-state index contributed by atoms with van der Waals surface area (Å²) in [5.41, 5.74) is 6.69. The van der Waals surface area contributed by atoms with Gasteiger partial charge >= 0.3 is 5.97 Å². The summed E-state index contributed by atoms with van der Waals surface area (Å²) < 4.78 is 10.2. The van der Waals surface area contributed by atoms with E-state index in [2.05, 4.69) is 12.8 Å². The summed E-state index contributed by atoms with van der Waals surface area (Å²) in [6.45, 7) is 2.70. The van der Waals surface area contributed by atoms with Crippen LogP contribution in [-0.2, 0) is 16.0 Å². The Morgan fingerprint density at radius 2 is 2.11 bits per heavy atom. The Labute approximate surface area is 113 Å². The number of hydrogen-bond acceptors (Lipinski definition) is 4. The standard InChI is InChI=1S/C15H19NO3/c1-3-9-18-13-7-5-12(6-8-13)11-14(16)15(17)19-10-4-2/h2,5-8,14H,3,9-11,16H2,1H3. The smallest absolute Gasteiger partial charge is 0.324 e. The maximum atomic E-state index is 11.4. The quantitative estimate of drug-likeness (QED) is 0.597. The van der Waals surface area contributed by atoms with Gasteiger partial charge in [0.25, 0.3) is 0 Å². The van der Waals surface area contributed by atoms with Crippen LogP contribution in [0.2, 0.25) is 0 Å². The zero-order valence-corrected chi connectivity index (χ0v) is 11.1. The van der Waals surface area contributed by atoms with Gasteiger partial charge in [0.05, 0.1) is 6.61 Å². The van der Waals surface area contributed by atoms with Crippen LogP contribution < -0.4 is 10.5 Å². The molecule has 102 valence electrons. The van der Waals surface area contributed by atoms with Crippen molar-refractivity contribution < 1.29 is 14.3 Å². The van der Waals surface area contributed by atoms with Crippen molar-refractivity contribution in [3.05, 3.63) is 29.8 Å². The summed E-state index contributed by atoms with van der Waals surface area (Å²) in [6.07, 6.45) is 6.38. The first-order valence-electron chi connectivity index (χ1n) is 6.24. The number of rotatable bonds is 7. The number of hydrogen-bond donors (Lipinski definition) is 1. The lowest BCUT2D eigenvalue weighted by atomic mass is 10.1. The molecule has 0 heterocycles. The molecule has 0 fully saturated rings. The lowest BCUT2D eigenvalue weighted by Gasteiger charge is -2.11. The Morgan fingerprint density at radius 1 is 1.42 bits per heavy atom. The number of esters is 1. The maximum Gasteiger partial charge on any atom is 0.324 e. The second kappa shape index (κ2) is 8.17. The lowest BCUT2D eigenvalue weighted by molar-refractivity contribution is -0.143. The number of carbonyl (C=O) groups excluding carboxylic acids is 1. The van der Waals surface area contributed by atoms with Crippen LogP contribution in [0, 0.1) is 12.3 Å². The Bertz CT molecular complexity index is 434. The molecule has 1 atom stereocenters. The van der Waals surface area contributed by atoms with Gasteiger partial charge in [0.1, 0.15) is 11.8 Å². The molecule has 4 heteroatoms. The molecular formula is C15H19NO3. The number of benzene rings is 1. The summed E-state index contributed by atoms with van der Waals surface area (Å²) in [5.74, 6) is 2.56. The molecule has 0 aliphatic heterocycles. The number of carbonyl (C=O) groups is 1. The first-order chi connectivity index (χ1) is 9.17. The third-order valence-corrected chi connectivity index (χ3v) is 2.45. The zero-order valence-electron chi connectivity index (χ0n) is 11.1. The average Bonchev–Trinajstić information content (AvgIpc) is 2.43. The predicted octanol–water partition coefficient (Wildman–Crippen LogP) is 1.52. The number of terminal acetylenes is 1. The van der Waals surface area contributed by atoms with Crippen molar-refractivity contribution in [2.75, 3.05) is 13.2 Å². The second-order valence-corrected chi connectivity index (χ2v) is 4.11. The molecule has 0 saturated heterocycles. The van der Waals surface area contributed by atoms with E-state index in [1.165, 1.54) is 0 Å². The van der Waals surface area contributed by atoms with Crippen molar-refractivity contribution in [1.29, 1.82) is 0 Å². The van der Waals surface area contributed by atoms with E-state index in [0.717, 1.165) is 17.7 Å². The summed E-state index contributed by atoms with van der Waals surface area (Å²) in [5, 5.41) is 0. The third-order valence-electron chi connectivity index (χ3n) is 2.45. The van der Waals surface area contributed by atoms with Crippen molar-refractivity contribution >= 4 is 5.97 Å². The highest BCUT2D eigenvalue weighted by Crippen LogP contribution is 2.13. The molecule has 0 aromatic heterocycles. The van der Waals surface area contributed by atoms with E-state index in [0.29, 0.717) is 13.0 Å². The molecule has 1 aromatic carbocycles. The van der Waals surface area contributed by atoms with Crippen molar-refractivity contribution in [1.82, 2.24) is 0 Å². The fourth-order valence-electron chi connectivity index (χ4n) is 1.50. The van der Waals surface area contributed by atoms with Crippen LogP contribution in [0.5, 0.6) is 5.75 Å². The topological polar surface area (TPSA) is 61.5 Å². The first kappa shape index (κ1) is 15.1. The highest BCUT2D eigenvalue weighted by Gasteiger charge is 2.15. The van der Waals surface area contributed by atoms with Gasteiger partial charge in [0.15, 0.2) is 6.61 Å². The molecule has 4 nitrogen and oxygen atoms in total. The molecule has 0 saturated carbocycles. The minimum absolute atomic E-state index is 0.0453. The van der Waals surface area contributed by atoms with Gasteiger partial charge in [0, 0.05) is 0 Å². The van der Waals surface area contributed by atoms with E-state index in [1.54, 1.807) is 0 Å². The Kier molecular flexibility index (Phi) is 6.48. The lowest BCUT2D eigenvalue weighted by Crippen LogP contribution is -2.34. The SMILES string of the molecule is C#CCOC(=O)C(N)Cc1ccc(OCCC)cc1. The first-order valence-corrected chi connectivity index (χ1v) is 6.24. The van der Waals surface area contributed by atoms with E-state index < -0.39 is 12.0 Å². The van der Waals surface area contributed by atoms with Crippen molar-refractivity contribution in [2.45, 2.75) is 25.8 Å². The minimum Gasteiger partial charge on any atom is -0.494 e. The van der Waals surface area contributed by atoms with Crippen LogP contribution >= 0.6 is 0 Å². The average molecular weight is 261 g/mol. The van der Waals surface area contributed by atoms with Crippen molar-refractivity contribution in [3.63, 3.8) is 0 Å². The van der Waals surface area contributed by atoms with E-state index >= 15 is 0 Å². The molecule has 0 radical (unpaired) electrons. The summed E-state index contributed by atoms with van der Waals surface area (Å²) in [4.78, 5) is 11.4. The normalized spacial score (nSPS) is 11.4. The van der Waals surface area contributed by atoms with Gasteiger partial charge in [-0.05, 0) is 30.5 Å². The predicted molar refractivity (Wildman–Crippen MR) is 73.7 cm³/mol. The molecular weight excluding hydrogens is 242 g/mol. The van der Waals surface area contributed by atoms with E-state index in [9.17, 15) is 4.79 Å². The van der Waals surface area contributed by atoms with Gasteiger partial charge in [-0.25, -0.2) is 0 Å². The highest BCUT2D eigenvalue weighted by molar-refractivity contribution is 5.76. The summed E-state index contributed by atoms with van der Waals surface area (Å²) in [6, 6.07) is 6.81. The molecule has 0 amide bonds. The molecule has 19 heavy (non-hydrogen) atoms. The molecule has 1 aromatic rings. The van der Waals surface area contributed by atoms with Crippen LogP contribution in [0.3, 0.4) is 0 Å². The van der Waals surface area contributed by atoms with Gasteiger partial charge in [0.2, 0.25) is 0 Å². The maximum absolute atomic E-state index is 11.4. The second-order valence-electron chi connectivity index (χ2n) is 4.11. The summed E-state index contributed by atoms with van der Waals surface area (Å²) >= 11 is 0. The van der Waals surface area contributed by atoms with Gasteiger partial charge in [-0.3, -0.25) is 4.79 Å². The summed E-state index contributed by atoms with van der Waals surface area (Å²) in [7, 11) is 0. The van der Waals surface area contributed by atoms with Crippen molar-refractivity contribution in [2.24, 2.45) is 5.73 Å². The molecule has 1 unspecified atom stereocenters. The van der Waals surface area contributed by atoms with Crippen LogP contribution in [-0.4, -0.2) is 25.2 Å². The number of nitrogens with two attached hydrogens (primary N) is 1. The molecule has 0 bridgehead atoms. The van der Waals surface area contributed by atoms with Crippen molar-refractivity contribution in [3.8, 4) is 18.1 Å². The molecule has 0 spiro atoms. The molecule has 0 aliphatic rings. The largest absolute Gasteiger partial charge is 0.494 e. The van der Waals surface area contributed by atoms with Crippen LogP contribution in [0.1, 0.15) is 18.9 Å². The zero-order chi connectivity index (χ0) is 14.1. The third kappa shape index (κ3) is 5.45. The van der Waals surface area contributed by atoms with E-state index in [1.807, 2.05) is 24.3 Å². The van der Waals surface area contributed by atoms with Crippen LogP contribution in [0.25, 0.3) is 0 Å².